The van der Waals surface area contributed by atoms with Gasteiger partial charge in [-0.05, 0) is 35.6 Å². The van der Waals surface area contributed by atoms with Crippen molar-refractivity contribution in [2.24, 2.45) is 0 Å². The van der Waals surface area contributed by atoms with Gasteiger partial charge in [-0.25, -0.2) is 0 Å². The van der Waals surface area contributed by atoms with E-state index in [1.807, 2.05) is 6.20 Å². The maximum absolute atomic E-state index is 4.43. The quantitative estimate of drug-likeness (QED) is 0.865. The predicted molar refractivity (Wildman–Crippen MR) is 79.2 cm³/mol. The van der Waals surface area contributed by atoms with Crippen molar-refractivity contribution in [3.63, 3.8) is 0 Å². The van der Waals surface area contributed by atoms with E-state index < -0.39 is 0 Å². The van der Waals surface area contributed by atoms with Gasteiger partial charge in [0.1, 0.15) is 0 Å². The van der Waals surface area contributed by atoms with Gasteiger partial charge in [-0.3, -0.25) is 4.98 Å². The highest BCUT2D eigenvalue weighted by Crippen LogP contribution is 2.28. The fraction of sp³-hybridized carbons (Fsp3) is 0.438. The number of nitrogens with zero attached hydrogens (tertiary/aromatic N) is 1. The van der Waals surface area contributed by atoms with Gasteiger partial charge in [0.2, 0.25) is 0 Å². The number of hydrogen-bond acceptors (Lipinski definition) is 2. The fourth-order valence-corrected chi connectivity index (χ4v) is 2.03. The van der Waals surface area contributed by atoms with Gasteiger partial charge >= 0.3 is 0 Å². The number of aromatic nitrogens is 1. The molecule has 2 rings (SSSR count). The van der Waals surface area contributed by atoms with Crippen LogP contribution >= 0.6 is 0 Å². The van der Waals surface area contributed by atoms with Crippen LogP contribution in [0, 0.1) is 0 Å². The maximum Gasteiger partial charge on any atom is 0.0722 e. The van der Waals surface area contributed by atoms with Crippen LogP contribution in [0.5, 0.6) is 0 Å². The highest BCUT2D eigenvalue weighted by atomic mass is 14.9. The van der Waals surface area contributed by atoms with Crippen molar-refractivity contribution in [1.82, 2.24) is 4.98 Å². The largest absolute Gasteiger partial charge is 0.384 e. The van der Waals surface area contributed by atoms with Crippen LogP contribution < -0.4 is 5.32 Å². The van der Waals surface area contributed by atoms with Crippen molar-refractivity contribution in [3.8, 4) is 0 Å². The lowest BCUT2D eigenvalue weighted by molar-refractivity contribution is 0.591. The standard InChI is InChI=1S/C16H22N2/c1-5-9-17-15-8-10-18-14-7-6-12(11-13(14)15)16(2,3)4/h6-8,10-11H,5,9H2,1-4H3,(H,17,18). The van der Waals surface area contributed by atoms with Crippen molar-refractivity contribution in [2.45, 2.75) is 39.5 Å². The topological polar surface area (TPSA) is 24.9 Å². The average molecular weight is 242 g/mol. The molecule has 0 radical (unpaired) electrons. The Morgan fingerprint density at radius 3 is 2.61 bits per heavy atom. The number of pyridine rings is 1. The van der Waals surface area contributed by atoms with Crippen LogP contribution in [-0.4, -0.2) is 11.5 Å². The van der Waals surface area contributed by atoms with E-state index in [9.17, 15) is 0 Å². The van der Waals surface area contributed by atoms with Gasteiger partial charge in [0.05, 0.1) is 5.52 Å². The second kappa shape index (κ2) is 4.97. The zero-order valence-electron chi connectivity index (χ0n) is 11.7. The summed E-state index contributed by atoms with van der Waals surface area (Å²) in [6, 6.07) is 8.62. The lowest BCUT2D eigenvalue weighted by atomic mass is 9.86. The van der Waals surface area contributed by atoms with Gasteiger partial charge < -0.3 is 5.32 Å². The summed E-state index contributed by atoms with van der Waals surface area (Å²) in [6.45, 7) is 9.90. The van der Waals surface area contributed by atoms with E-state index in [0.717, 1.165) is 18.5 Å². The summed E-state index contributed by atoms with van der Waals surface area (Å²) >= 11 is 0. The van der Waals surface area contributed by atoms with Crippen LogP contribution in [0.15, 0.2) is 30.5 Å². The first-order valence-electron chi connectivity index (χ1n) is 6.65. The van der Waals surface area contributed by atoms with Crippen molar-refractivity contribution in [3.05, 3.63) is 36.0 Å². The first-order chi connectivity index (χ1) is 8.52. The van der Waals surface area contributed by atoms with Gasteiger partial charge in [0, 0.05) is 23.8 Å². The average Bonchev–Trinajstić information content (AvgIpc) is 2.34. The Morgan fingerprint density at radius 1 is 1.17 bits per heavy atom. The van der Waals surface area contributed by atoms with Gasteiger partial charge in [0.25, 0.3) is 0 Å². The van der Waals surface area contributed by atoms with Crippen LogP contribution in [-0.2, 0) is 5.41 Å². The first-order valence-corrected chi connectivity index (χ1v) is 6.65. The number of anilines is 1. The van der Waals surface area contributed by atoms with E-state index in [-0.39, 0.29) is 5.41 Å². The molecule has 0 aliphatic carbocycles. The van der Waals surface area contributed by atoms with Crippen molar-refractivity contribution in [1.29, 1.82) is 0 Å². The third-order valence-electron chi connectivity index (χ3n) is 3.17. The molecule has 2 aromatic rings. The third-order valence-corrected chi connectivity index (χ3v) is 3.17. The molecule has 0 spiro atoms. The van der Waals surface area contributed by atoms with Gasteiger partial charge in [0.15, 0.2) is 0 Å². The fourth-order valence-electron chi connectivity index (χ4n) is 2.03. The number of hydrogen-bond donors (Lipinski definition) is 1. The van der Waals surface area contributed by atoms with E-state index in [2.05, 4.69) is 62.3 Å². The highest BCUT2D eigenvalue weighted by Gasteiger charge is 2.14. The van der Waals surface area contributed by atoms with Crippen LogP contribution in [0.1, 0.15) is 39.7 Å². The summed E-state index contributed by atoms with van der Waals surface area (Å²) in [6.07, 6.45) is 3.00. The zero-order valence-corrected chi connectivity index (χ0v) is 11.7. The van der Waals surface area contributed by atoms with Crippen molar-refractivity contribution in [2.75, 3.05) is 11.9 Å². The molecule has 1 aromatic carbocycles. The summed E-state index contributed by atoms with van der Waals surface area (Å²) in [5.74, 6) is 0. The van der Waals surface area contributed by atoms with Gasteiger partial charge in [-0.1, -0.05) is 33.8 Å². The SMILES string of the molecule is CCCNc1ccnc2ccc(C(C)(C)C)cc12. The Kier molecular flexibility index (Phi) is 3.55. The molecule has 0 unspecified atom stereocenters. The molecule has 18 heavy (non-hydrogen) atoms. The minimum absolute atomic E-state index is 0.173. The first kappa shape index (κ1) is 12.9. The molecule has 2 nitrogen and oxygen atoms in total. The molecular formula is C16H22N2. The Hall–Kier alpha value is -1.57. The molecule has 0 amide bonds. The molecule has 0 atom stereocenters. The second-order valence-electron chi connectivity index (χ2n) is 5.77. The minimum atomic E-state index is 0.173. The van der Waals surface area contributed by atoms with E-state index in [0.29, 0.717) is 0 Å². The Bertz CT molecular complexity index is 538. The predicted octanol–water partition coefficient (Wildman–Crippen LogP) is 4.35. The molecule has 96 valence electrons. The Labute approximate surface area is 109 Å². The van der Waals surface area contributed by atoms with Crippen molar-refractivity contribution < 1.29 is 0 Å². The third kappa shape index (κ3) is 2.63. The number of rotatable bonds is 3. The normalized spacial score (nSPS) is 11.8. The smallest absolute Gasteiger partial charge is 0.0722 e. The lowest BCUT2D eigenvalue weighted by Crippen LogP contribution is -2.11. The summed E-state index contributed by atoms with van der Waals surface area (Å²) in [4.78, 5) is 4.43. The monoisotopic (exact) mass is 242 g/mol. The zero-order chi connectivity index (χ0) is 13.2. The molecule has 1 N–H and O–H groups in total. The van der Waals surface area contributed by atoms with Crippen LogP contribution in [0.25, 0.3) is 10.9 Å². The number of nitrogens with one attached hydrogen (secondary N) is 1. The molecule has 1 heterocycles. The summed E-state index contributed by atoms with van der Waals surface area (Å²) in [5.41, 5.74) is 3.77. The van der Waals surface area contributed by atoms with E-state index in [1.165, 1.54) is 16.6 Å². The molecule has 0 fully saturated rings. The van der Waals surface area contributed by atoms with Crippen LogP contribution in [0.4, 0.5) is 5.69 Å². The molecule has 2 heteroatoms. The Balaban J connectivity index is 2.51. The van der Waals surface area contributed by atoms with Gasteiger partial charge in [-0.15, -0.1) is 0 Å². The second-order valence-corrected chi connectivity index (χ2v) is 5.77. The van der Waals surface area contributed by atoms with Crippen LogP contribution in [0.3, 0.4) is 0 Å². The molecule has 0 aliphatic heterocycles. The van der Waals surface area contributed by atoms with E-state index in [4.69, 9.17) is 0 Å². The molecule has 0 aliphatic rings. The lowest BCUT2D eigenvalue weighted by Gasteiger charge is -2.20. The molecule has 0 saturated heterocycles. The number of benzene rings is 1. The summed E-state index contributed by atoms with van der Waals surface area (Å²) in [5, 5.41) is 4.70. The Morgan fingerprint density at radius 2 is 1.94 bits per heavy atom. The van der Waals surface area contributed by atoms with Crippen molar-refractivity contribution >= 4 is 16.6 Å². The van der Waals surface area contributed by atoms with E-state index >= 15 is 0 Å². The maximum atomic E-state index is 4.43. The molecule has 0 saturated carbocycles. The van der Waals surface area contributed by atoms with Gasteiger partial charge in [-0.2, -0.15) is 0 Å². The summed E-state index contributed by atoms with van der Waals surface area (Å²) in [7, 11) is 0. The molecule has 0 bridgehead atoms. The highest BCUT2D eigenvalue weighted by molar-refractivity contribution is 5.91. The number of fused-ring (bicyclic) bond motifs is 1. The minimum Gasteiger partial charge on any atom is -0.384 e. The van der Waals surface area contributed by atoms with E-state index in [1.54, 1.807) is 0 Å². The summed E-state index contributed by atoms with van der Waals surface area (Å²) < 4.78 is 0. The van der Waals surface area contributed by atoms with Crippen LogP contribution in [0.2, 0.25) is 0 Å². The molecule has 1 aromatic heterocycles. The molecular weight excluding hydrogens is 220 g/mol.